The zero-order valence-electron chi connectivity index (χ0n) is 27.9. The summed E-state index contributed by atoms with van der Waals surface area (Å²) >= 11 is 0. The molecule has 53 heavy (non-hydrogen) atoms. The first-order chi connectivity index (χ1) is 25.0. The van der Waals surface area contributed by atoms with Gasteiger partial charge in [-0.1, -0.05) is 0 Å². The van der Waals surface area contributed by atoms with E-state index in [-0.39, 0.29) is 11.1 Å². The molecule has 12 N–H and O–H groups in total. The second-order valence-electron chi connectivity index (χ2n) is 13.1. The van der Waals surface area contributed by atoms with Gasteiger partial charge < -0.3 is 94.1 Å². The summed E-state index contributed by atoms with van der Waals surface area (Å²) in [5.41, 5.74) is -1.44. The van der Waals surface area contributed by atoms with Crippen LogP contribution in [-0.2, 0) is 23.7 Å². The van der Waals surface area contributed by atoms with Crippen LogP contribution in [-0.4, -0.2) is 160 Å². The Balaban J connectivity index is 1.20. The first-order valence-corrected chi connectivity index (χ1v) is 16.4. The Labute approximate surface area is 298 Å². The number of hydrogen-bond acceptors (Lipinski definition) is 20. The van der Waals surface area contributed by atoms with Gasteiger partial charge in [0.15, 0.2) is 29.8 Å². The van der Waals surface area contributed by atoms with Gasteiger partial charge in [0.2, 0.25) is 17.5 Å². The summed E-state index contributed by atoms with van der Waals surface area (Å²) in [6.07, 6.45) is -24.2. The molecule has 3 aliphatic rings. The van der Waals surface area contributed by atoms with Crippen LogP contribution in [0.25, 0.3) is 22.3 Å². The molecule has 1 aromatic heterocycles. The fourth-order valence-corrected chi connectivity index (χ4v) is 6.30. The van der Waals surface area contributed by atoms with Crippen molar-refractivity contribution >= 4 is 11.0 Å². The number of rotatable bonds is 8. The van der Waals surface area contributed by atoms with Crippen molar-refractivity contribution in [2.45, 2.75) is 106 Å². The van der Waals surface area contributed by atoms with Gasteiger partial charge in [0.25, 0.3) is 0 Å². The minimum absolute atomic E-state index is 0.0610. The molecular formula is C33H40O20. The molecule has 0 amide bonds. The molecule has 0 unspecified atom stereocenters. The van der Waals surface area contributed by atoms with E-state index in [0.717, 1.165) is 24.3 Å². The van der Waals surface area contributed by atoms with Crippen molar-refractivity contribution in [1.29, 1.82) is 0 Å². The largest absolute Gasteiger partial charge is 0.508 e. The number of benzene rings is 2. The van der Waals surface area contributed by atoms with E-state index in [1.54, 1.807) is 0 Å². The van der Waals surface area contributed by atoms with Crippen molar-refractivity contribution in [2.24, 2.45) is 0 Å². The second kappa shape index (κ2) is 15.1. The maximum absolute atomic E-state index is 13.7. The fraction of sp³-hybridized carbons (Fsp3) is 0.545. The van der Waals surface area contributed by atoms with Crippen molar-refractivity contribution in [3.8, 4) is 40.1 Å². The van der Waals surface area contributed by atoms with Gasteiger partial charge in [-0.05, 0) is 32.0 Å². The molecule has 0 spiro atoms. The third-order valence-electron chi connectivity index (χ3n) is 9.36. The highest BCUT2D eigenvalue weighted by molar-refractivity contribution is 5.88. The van der Waals surface area contributed by atoms with Crippen LogP contribution in [0.5, 0.6) is 28.7 Å². The molecule has 2 aromatic carbocycles. The molecule has 0 saturated carbocycles. The molecule has 3 saturated heterocycles. The number of aliphatic hydroxyl groups excluding tert-OH is 8. The molecule has 3 fully saturated rings. The van der Waals surface area contributed by atoms with Gasteiger partial charge in [-0.3, -0.25) is 4.79 Å². The number of ether oxygens (including phenoxy) is 6. The summed E-state index contributed by atoms with van der Waals surface area (Å²) in [5, 5.41) is 124. The van der Waals surface area contributed by atoms with Crippen LogP contribution >= 0.6 is 0 Å². The van der Waals surface area contributed by atoms with E-state index in [2.05, 4.69) is 0 Å². The van der Waals surface area contributed by atoms with Crippen molar-refractivity contribution in [3.05, 3.63) is 40.6 Å². The first-order valence-electron chi connectivity index (χ1n) is 16.4. The molecule has 15 atom stereocenters. The second-order valence-corrected chi connectivity index (χ2v) is 13.1. The quantitative estimate of drug-likeness (QED) is 0.103. The summed E-state index contributed by atoms with van der Waals surface area (Å²) in [7, 11) is 0. The summed E-state index contributed by atoms with van der Waals surface area (Å²) in [6, 6.07) is 5.16. The highest BCUT2D eigenvalue weighted by Gasteiger charge is 2.51. The molecule has 0 aliphatic carbocycles. The Bertz CT molecular complexity index is 1830. The highest BCUT2D eigenvalue weighted by atomic mass is 16.7. The van der Waals surface area contributed by atoms with Gasteiger partial charge in [0.05, 0.1) is 18.8 Å². The lowest BCUT2D eigenvalue weighted by molar-refractivity contribution is -0.357. The molecule has 20 nitrogen and oxygen atoms in total. The van der Waals surface area contributed by atoms with E-state index in [1.807, 2.05) is 0 Å². The zero-order chi connectivity index (χ0) is 38.6. The third-order valence-corrected chi connectivity index (χ3v) is 9.36. The van der Waals surface area contributed by atoms with Crippen molar-refractivity contribution in [1.82, 2.24) is 0 Å². The average Bonchev–Trinajstić information content (AvgIpc) is 3.11. The number of aliphatic hydroxyl groups is 8. The standard InChI is InChI=1S/C33H40O20/c1-9-19(38)22(41)25(44)32(48-9)52-28-10(2)49-31(27(46)24(28)43)47-8-17-20(39)23(42)26(45)33(51-17)53-30-21(40)18-15(37)6-12(34)7-16(18)50-29(30)11-3-4-13(35)14(36)5-11/h3-7,9-10,17,19-20,22-28,31-39,41-46H,8H2,1-2H3/t9-,10-,17-,19-,20-,22+,23+,24-,25-,26-,27-,28-,31-,32+,33+/m0/s1. The molecule has 4 heterocycles. The molecule has 20 heteroatoms. The van der Waals surface area contributed by atoms with Gasteiger partial charge in [0.1, 0.15) is 83.5 Å². The van der Waals surface area contributed by atoms with E-state index < -0.39 is 144 Å². The predicted octanol–water partition coefficient (Wildman–Crippen LogP) is -2.84. The molecule has 292 valence electrons. The highest BCUT2D eigenvalue weighted by Crippen LogP contribution is 2.40. The molecular weight excluding hydrogens is 716 g/mol. The van der Waals surface area contributed by atoms with Crippen LogP contribution in [0.3, 0.4) is 0 Å². The zero-order valence-corrected chi connectivity index (χ0v) is 27.9. The Morgan fingerprint density at radius 3 is 1.98 bits per heavy atom. The Morgan fingerprint density at radius 2 is 1.28 bits per heavy atom. The maximum Gasteiger partial charge on any atom is 0.239 e. The Kier molecular flexibility index (Phi) is 11.1. The molecule has 0 radical (unpaired) electrons. The Hall–Kier alpha value is -3.87. The lowest BCUT2D eigenvalue weighted by atomic mass is 9.97. The minimum atomic E-state index is -2.03. The van der Waals surface area contributed by atoms with Crippen LogP contribution in [0.1, 0.15) is 13.8 Å². The van der Waals surface area contributed by atoms with Gasteiger partial charge >= 0.3 is 0 Å². The first kappa shape index (κ1) is 38.8. The minimum Gasteiger partial charge on any atom is -0.508 e. The third kappa shape index (κ3) is 7.34. The molecule has 0 bridgehead atoms. The normalized spacial score (nSPS) is 37.8. The van der Waals surface area contributed by atoms with Gasteiger partial charge in [-0.25, -0.2) is 0 Å². The van der Waals surface area contributed by atoms with Gasteiger partial charge in [0, 0.05) is 17.7 Å². The van der Waals surface area contributed by atoms with Crippen molar-refractivity contribution < 1.29 is 94.1 Å². The van der Waals surface area contributed by atoms with E-state index >= 15 is 0 Å². The summed E-state index contributed by atoms with van der Waals surface area (Å²) in [4.78, 5) is 13.7. The van der Waals surface area contributed by atoms with Crippen molar-refractivity contribution in [2.75, 3.05) is 6.61 Å². The van der Waals surface area contributed by atoms with Crippen LogP contribution < -0.4 is 10.2 Å². The Morgan fingerprint density at radius 1 is 0.642 bits per heavy atom. The molecule has 3 aromatic rings. The van der Waals surface area contributed by atoms with Crippen LogP contribution in [0.2, 0.25) is 0 Å². The van der Waals surface area contributed by atoms with E-state index in [4.69, 9.17) is 32.8 Å². The molecule has 6 rings (SSSR count). The van der Waals surface area contributed by atoms with E-state index in [1.165, 1.54) is 19.9 Å². The van der Waals surface area contributed by atoms with E-state index in [0.29, 0.717) is 0 Å². The lowest BCUT2D eigenvalue weighted by Crippen LogP contribution is -2.63. The number of aromatic hydroxyl groups is 4. The smallest absolute Gasteiger partial charge is 0.239 e. The maximum atomic E-state index is 13.7. The van der Waals surface area contributed by atoms with Gasteiger partial charge in [-0.15, -0.1) is 0 Å². The van der Waals surface area contributed by atoms with Crippen molar-refractivity contribution in [3.63, 3.8) is 0 Å². The number of hydrogen-bond donors (Lipinski definition) is 12. The van der Waals surface area contributed by atoms with E-state index in [9.17, 15) is 66.1 Å². The summed E-state index contributed by atoms with van der Waals surface area (Å²) in [6.45, 7) is 2.16. The fourth-order valence-electron chi connectivity index (χ4n) is 6.30. The van der Waals surface area contributed by atoms with Gasteiger partial charge in [-0.2, -0.15) is 0 Å². The SMILES string of the molecule is C[C@@H]1O[C@H](O[C@@H]2[C@@H](O)[C@H](O)[C@@H](OC[C@@H]3O[C@H](Oc4c(-c5ccc(O)c(O)c5)oc5cc(O)cc(O)c5c4=O)[C@@H](O)[C@H](O)[C@H]3O)O[C@H]2C)[C@@H](O)[C@H](O)[C@H]1O. The van der Waals surface area contributed by atoms with Crippen LogP contribution in [0.15, 0.2) is 39.5 Å². The van der Waals surface area contributed by atoms with Crippen LogP contribution in [0, 0.1) is 0 Å². The topological polar surface area (TPSA) is 328 Å². The summed E-state index contributed by atoms with van der Waals surface area (Å²) < 4.78 is 39.5. The predicted molar refractivity (Wildman–Crippen MR) is 171 cm³/mol. The number of fused-ring (bicyclic) bond motifs is 1. The lowest BCUT2D eigenvalue weighted by Gasteiger charge is -2.46. The molecule has 3 aliphatic heterocycles. The monoisotopic (exact) mass is 756 g/mol. The number of phenolic OH excluding ortho intramolecular Hbond substituents is 4. The average molecular weight is 757 g/mol. The number of phenols is 4. The van der Waals surface area contributed by atoms with Crippen LogP contribution in [0.4, 0.5) is 0 Å². The summed E-state index contributed by atoms with van der Waals surface area (Å²) in [5.74, 6) is -3.50.